The second-order valence-electron chi connectivity index (χ2n) is 4.75. The highest BCUT2D eigenvalue weighted by Gasteiger charge is 2.19. The molecule has 2 heterocycles. The van der Waals surface area contributed by atoms with Gasteiger partial charge in [0.15, 0.2) is 0 Å². The van der Waals surface area contributed by atoms with Crippen LogP contribution in [-0.2, 0) is 22.4 Å². The van der Waals surface area contributed by atoms with Gasteiger partial charge in [0.25, 0.3) is 0 Å². The maximum Gasteiger partial charge on any atom is 0.111 e. The van der Waals surface area contributed by atoms with Crippen LogP contribution in [0.25, 0.3) is 11.0 Å². The summed E-state index contributed by atoms with van der Waals surface area (Å²) in [4.78, 5) is 4.62. The number of hydrogen-bond acceptors (Lipinski definition) is 3. The molecule has 1 aliphatic heterocycles. The third-order valence-corrected chi connectivity index (χ3v) is 3.89. The molecule has 1 fully saturated rings. The number of fused-ring (bicyclic) bond motifs is 1. The summed E-state index contributed by atoms with van der Waals surface area (Å²) in [5, 5.41) is 0.665. The molecule has 0 radical (unpaired) electrons. The van der Waals surface area contributed by atoms with Crippen LogP contribution >= 0.6 is 23.2 Å². The van der Waals surface area contributed by atoms with Gasteiger partial charge in [-0.1, -0.05) is 17.7 Å². The van der Waals surface area contributed by atoms with Crippen LogP contribution in [0.5, 0.6) is 0 Å². The van der Waals surface area contributed by atoms with E-state index in [4.69, 9.17) is 32.7 Å². The fourth-order valence-corrected chi connectivity index (χ4v) is 2.87. The zero-order valence-corrected chi connectivity index (χ0v) is 12.5. The highest BCUT2D eigenvalue weighted by Crippen LogP contribution is 2.25. The van der Waals surface area contributed by atoms with Gasteiger partial charge in [-0.2, -0.15) is 0 Å². The summed E-state index contributed by atoms with van der Waals surface area (Å²) < 4.78 is 13.3. The maximum absolute atomic E-state index is 6.22. The molecule has 1 aromatic carbocycles. The summed E-state index contributed by atoms with van der Waals surface area (Å²) in [6, 6.07) is 5.81. The van der Waals surface area contributed by atoms with Gasteiger partial charge in [-0.15, -0.1) is 11.6 Å². The van der Waals surface area contributed by atoms with E-state index in [1.54, 1.807) is 0 Å². The molecule has 0 spiro atoms. The minimum Gasteiger partial charge on any atom is -0.376 e. The number of halogens is 2. The van der Waals surface area contributed by atoms with E-state index in [0.29, 0.717) is 43.7 Å². The lowest BCUT2D eigenvalue weighted by Crippen LogP contribution is -2.32. The molecule has 1 atom stereocenters. The van der Waals surface area contributed by atoms with Gasteiger partial charge in [-0.3, -0.25) is 0 Å². The van der Waals surface area contributed by atoms with Crippen molar-refractivity contribution in [2.24, 2.45) is 0 Å². The number of benzene rings is 1. The fraction of sp³-hybridized carbons (Fsp3) is 0.500. The molecular formula is C14H16Cl2N2O2. The molecule has 0 bridgehead atoms. The Morgan fingerprint density at radius 3 is 3.00 bits per heavy atom. The molecule has 1 aromatic heterocycles. The van der Waals surface area contributed by atoms with Crippen LogP contribution in [0.15, 0.2) is 18.2 Å². The maximum atomic E-state index is 6.22. The molecule has 4 nitrogen and oxygen atoms in total. The summed E-state index contributed by atoms with van der Waals surface area (Å²) in [6.45, 7) is 2.63. The minimum atomic E-state index is 0.0502. The van der Waals surface area contributed by atoms with Crippen molar-refractivity contribution >= 4 is 34.2 Å². The Labute approximate surface area is 127 Å². The quantitative estimate of drug-likeness (QED) is 0.814. The highest BCUT2D eigenvalue weighted by molar-refractivity contribution is 6.34. The molecule has 0 saturated carbocycles. The number of para-hydroxylation sites is 1. The molecule has 6 heteroatoms. The molecule has 20 heavy (non-hydrogen) atoms. The van der Waals surface area contributed by atoms with Crippen molar-refractivity contribution in [3.8, 4) is 0 Å². The lowest BCUT2D eigenvalue weighted by atomic mass is 10.3. The fourth-order valence-electron chi connectivity index (χ4n) is 2.49. The van der Waals surface area contributed by atoms with Crippen LogP contribution in [-0.4, -0.2) is 41.4 Å². The Morgan fingerprint density at radius 2 is 2.25 bits per heavy atom. The first kappa shape index (κ1) is 14.1. The van der Waals surface area contributed by atoms with Gasteiger partial charge in [0.2, 0.25) is 0 Å². The molecular weight excluding hydrogens is 299 g/mol. The van der Waals surface area contributed by atoms with E-state index in [1.807, 2.05) is 18.2 Å². The summed E-state index contributed by atoms with van der Waals surface area (Å²) in [5.41, 5.74) is 1.85. The first-order chi connectivity index (χ1) is 9.79. The minimum absolute atomic E-state index is 0.0502. The van der Waals surface area contributed by atoms with E-state index in [1.165, 1.54) is 0 Å². The lowest BCUT2D eigenvalue weighted by Gasteiger charge is -2.24. The number of aryl methyl sites for hydroxylation is 1. The number of imidazole rings is 1. The van der Waals surface area contributed by atoms with Gasteiger partial charge in [0.05, 0.1) is 43.0 Å². The van der Waals surface area contributed by atoms with Gasteiger partial charge in [0.1, 0.15) is 11.3 Å². The zero-order valence-electron chi connectivity index (χ0n) is 11.0. The topological polar surface area (TPSA) is 36.3 Å². The van der Waals surface area contributed by atoms with Gasteiger partial charge in [0, 0.05) is 12.3 Å². The number of nitrogens with zero attached hydrogens (tertiary/aromatic N) is 2. The standard InChI is InChI=1S/C14H16Cl2N2O2/c15-5-4-13-17-14-11(16)2-1-3-12(14)18(13)8-10-9-19-6-7-20-10/h1-3,10H,4-9H2. The van der Waals surface area contributed by atoms with Crippen molar-refractivity contribution in [3.05, 3.63) is 29.0 Å². The summed E-state index contributed by atoms with van der Waals surface area (Å²) in [5.74, 6) is 1.47. The highest BCUT2D eigenvalue weighted by atomic mass is 35.5. The van der Waals surface area contributed by atoms with Crippen molar-refractivity contribution in [1.82, 2.24) is 9.55 Å². The van der Waals surface area contributed by atoms with Gasteiger partial charge in [-0.05, 0) is 12.1 Å². The van der Waals surface area contributed by atoms with Crippen LogP contribution in [0.2, 0.25) is 5.02 Å². The molecule has 1 saturated heterocycles. The summed E-state index contributed by atoms with van der Waals surface area (Å²) in [7, 11) is 0. The van der Waals surface area contributed by atoms with Crippen molar-refractivity contribution in [1.29, 1.82) is 0 Å². The Bertz CT molecular complexity index is 594. The van der Waals surface area contributed by atoms with Crippen molar-refractivity contribution in [2.45, 2.75) is 19.1 Å². The first-order valence-electron chi connectivity index (χ1n) is 6.68. The Kier molecular flexibility index (Phi) is 4.46. The Hall–Kier alpha value is -0.810. The van der Waals surface area contributed by atoms with Crippen molar-refractivity contribution in [3.63, 3.8) is 0 Å². The third-order valence-electron chi connectivity index (χ3n) is 3.40. The van der Waals surface area contributed by atoms with Crippen LogP contribution in [0, 0.1) is 0 Å². The number of ether oxygens (including phenoxy) is 2. The van der Waals surface area contributed by atoms with E-state index >= 15 is 0 Å². The number of aromatic nitrogens is 2. The molecule has 0 N–H and O–H groups in total. The van der Waals surface area contributed by atoms with Gasteiger partial charge >= 0.3 is 0 Å². The predicted molar refractivity (Wildman–Crippen MR) is 79.7 cm³/mol. The molecule has 1 unspecified atom stereocenters. The first-order valence-corrected chi connectivity index (χ1v) is 7.60. The monoisotopic (exact) mass is 314 g/mol. The number of rotatable bonds is 4. The van der Waals surface area contributed by atoms with E-state index < -0.39 is 0 Å². The molecule has 2 aromatic rings. The molecule has 108 valence electrons. The van der Waals surface area contributed by atoms with E-state index in [0.717, 1.165) is 16.9 Å². The summed E-state index contributed by atoms with van der Waals surface area (Å²) in [6.07, 6.45) is 0.759. The van der Waals surface area contributed by atoms with E-state index in [2.05, 4.69) is 9.55 Å². The average Bonchev–Trinajstić information content (AvgIpc) is 2.81. The second-order valence-corrected chi connectivity index (χ2v) is 5.54. The molecule has 3 rings (SSSR count). The molecule has 1 aliphatic rings. The Balaban J connectivity index is 1.97. The Morgan fingerprint density at radius 1 is 1.35 bits per heavy atom. The number of hydrogen-bond donors (Lipinski definition) is 0. The van der Waals surface area contributed by atoms with Crippen LogP contribution in [0.4, 0.5) is 0 Å². The molecule has 0 amide bonds. The predicted octanol–water partition coefficient (Wildman–Crippen LogP) is 2.89. The normalized spacial score (nSPS) is 19.6. The van der Waals surface area contributed by atoms with E-state index in [-0.39, 0.29) is 6.10 Å². The average molecular weight is 315 g/mol. The van der Waals surface area contributed by atoms with Crippen molar-refractivity contribution in [2.75, 3.05) is 25.7 Å². The van der Waals surface area contributed by atoms with Crippen LogP contribution in [0.1, 0.15) is 5.82 Å². The molecule has 0 aliphatic carbocycles. The van der Waals surface area contributed by atoms with Gasteiger partial charge in [-0.25, -0.2) is 4.98 Å². The zero-order chi connectivity index (χ0) is 13.9. The second kappa shape index (κ2) is 6.31. The largest absolute Gasteiger partial charge is 0.376 e. The SMILES string of the molecule is ClCCc1nc2c(Cl)cccc2n1CC1COCCO1. The van der Waals surface area contributed by atoms with Crippen molar-refractivity contribution < 1.29 is 9.47 Å². The third kappa shape index (κ3) is 2.79. The number of alkyl halides is 1. The van der Waals surface area contributed by atoms with E-state index in [9.17, 15) is 0 Å². The van der Waals surface area contributed by atoms with Gasteiger partial charge < -0.3 is 14.0 Å². The smallest absolute Gasteiger partial charge is 0.111 e. The van der Waals surface area contributed by atoms with Crippen LogP contribution < -0.4 is 0 Å². The lowest BCUT2D eigenvalue weighted by molar-refractivity contribution is -0.0934. The van der Waals surface area contributed by atoms with Crippen LogP contribution in [0.3, 0.4) is 0 Å². The summed E-state index contributed by atoms with van der Waals surface area (Å²) >= 11 is 12.1.